The van der Waals surface area contributed by atoms with E-state index < -0.39 is 10.4 Å². The van der Waals surface area contributed by atoms with Gasteiger partial charge in [0, 0.05) is 45.6 Å². The summed E-state index contributed by atoms with van der Waals surface area (Å²) in [6.45, 7) is 1.90. The van der Waals surface area contributed by atoms with Gasteiger partial charge in [-0.25, -0.2) is 9.13 Å². The molecule has 4 rings (SSSR count). The molecule has 0 amide bonds. The maximum absolute atomic E-state index is 8.52. The first-order valence-corrected chi connectivity index (χ1v) is 15.3. The fourth-order valence-electron chi connectivity index (χ4n) is 3.23. The Labute approximate surface area is 241 Å². The molecule has 0 fully saturated rings. The fourth-order valence-corrected chi connectivity index (χ4v) is 4.59. The molecule has 212 valence electrons. The summed E-state index contributed by atoms with van der Waals surface area (Å²) in [5.74, 6) is 0. The Bertz CT molecular complexity index is 1380. The van der Waals surface area contributed by atoms with E-state index in [0.29, 0.717) is 0 Å². The molecule has 2 N–H and O–H groups in total. The smallest absolute Gasteiger partial charge is 0.408 e. The van der Waals surface area contributed by atoms with Gasteiger partial charge in [-0.05, 0) is 101 Å². The summed E-state index contributed by atoms with van der Waals surface area (Å²) >= 11 is 3.14. The molecule has 0 unspecified atom stereocenters. The Kier molecular flexibility index (Phi) is 12.2. The molecule has 0 atom stereocenters. The summed E-state index contributed by atoms with van der Waals surface area (Å²) in [6.07, 6.45) is 7.35. The van der Waals surface area contributed by atoms with Gasteiger partial charge in [-0.3, -0.25) is 8.42 Å². The van der Waals surface area contributed by atoms with E-state index in [0.717, 1.165) is 65.4 Å². The summed E-state index contributed by atoms with van der Waals surface area (Å²) in [7, 11) is -1.24. The highest BCUT2D eigenvalue weighted by Gasteiger charge is 2.08. The van der Waals surface area contributed by atoms with Crippen molar-refractivity contribution in [3.63, 3.8) is 0 Å². The van der Waals surface area contributed by atoms with Crippen LogP contribution in [0.25, 0.3) is 0 Å². The van der Waals surface area contributed by atoms with Gasteiger partial charge < -0.3 is 19.7 Å². The van der Waals surface area contributed by atoms with Crippen LogP contribution in [0.5, 0.6) is 0 Å². The van der Waals surface area contributed by atoms with Gasteiger partial charge in [0.2, 0.25) is 0 Å². The first kappa shape index (κ1) is 30.9. The first-order chi connectivity index (χ1) is 19.2. The standard InChI is InChI=1S/C25H28N8S2.H2O4S/c1-32-16-18-34-24(32)30-28-22-10-6-20(7-11-22)26-14-4-3-5-15-27-21-8-12-23(13-9-21)29-31-25-33(2)17-19-35-25;1-5(2,3)4/h6-13,16-19H,3-5,14-15H2,1-2H3;(H2,1,2,3,4). The van der Waals surface area contributed by atoms with Crippen LogP contribution in [0, 0.1) is 0 Å². The zero-order chi connectivity index (χ0) is 28.8. The van der Waals surface area contributed by atoms with E-state index in [1.54, 1.807) is 22.7 Å². The largest absolute Gasteiger partial charge is 0.759 e. The van der Waals surface area contributed by atoms with Gasteiger partial charge in [0.05, 0.1) is 24.3 Å². The number of benzene rings is 2. The third-order valence-corrected chi connectivity index (χ3v) is 6.94. The molecule has 12 nitrogen and oxygen atoms in total. The van der Waals surface area contributed by atoms with E-state index in [2.05, 4.69) is 31.1 Å². The van der Waals surface area contributed by atoms with Crippen LogP contribution >= 0.6 is 22.7 Å². The highest BCUT2D eigenvalue weighted by atomic mass is 32.3. The Balaban J connectivity index is 0.000000810. The lowest BCUT2D eigenvalue weighted by atomic mass is 10.2. The van der Waals surface area contributed by atoms with Gasteiger partial charge >= 0.3 is 10.3 Å². The number of nitrogens with one attached hydrogen (secondary N) is 2. The van der Waals surface area contributed by atoms with E-state index >= 15 is 0 Å². The number of aryl methyl sites for hydroxylation is 2. The van der Waals surface area contributed by atoms with Gasteiger partial charge in [0.1, 0.15) is 23.8 Å². The molecule has 0 aliphatic carbocycles. The number of rotatable bonds is 12. The van der Waals surface area contributed by atoms with E-state index in [-0.39, 0.29) is 0 Å². The van der Waals surface area contributed by atoms with Gasteiger partial charge in [-0.1, -0.05) is 0 Å². The summed E-state index contributed by atoms with van der Waals surface area (Å²) in [6, 6.07) is 16.1. The molecule has 0 bridgehead atoms. The quantitative estimate of drug-likeness (QED) is 0.0700. The number of hydrogen-bond acceptors (Lipinski definition) is 12. The first-order valence-electron chi connectivity index (χ1n) is 12.2. The lowest BCUT2D eigenvalue weighted by molar-refractivity contribution is -0.654. The maximum atomic E-state index is 8.52. The fraction of sp³-hybridized carbons (Fsp3) is 0.280. The minimum Gasteiger partial charge on any atom is -0.759 e. The molecular weight excluding hydrogens is 573 g/mol. The molecule has 2 aromatic carbocycles. The average molecular weight is 603 g/mol. The van der Waals surface area contributed by atoms with Crippen LogP contribution in [-0.2, 0) is 24.5 Å². The van der Waals surface area contributed by atoms with Gasteiger partial charge in [-0.15, -0.1) is 0 Å². The number of unbranched alkanes of at least 4 members (excludes halogenated alkanes) is 2. The zero-order valence-corrected chi connectivity index (χ0v) is 24.5. The van der Waals surface area contributed by atoms with E-state index in [1.165, 1.54) is 0 Å². The van der Waals surface area contributed by atoms with Crippen molar-refractivity contribution in [3.8, 4) is 0 Å². The monoisotopic (exact) mass is 602 g/mol. The van der Waals surface area contributed by atoms with Crippen molar-refractivity contribution >= 4 is 66.1 Å². The Morgan fingerprint density at radius 3 is 1.38 bits per heavy atom. The lowest BCUT2D eigenvalue weighted by Crippen LogP contribution is -2.23. The minimum absolute atomic E-state index is 0.850. The summed E-state index contributed by atoms with van der Waals surface area (Å²) in [5, 5.41) is 29.9. The average Bonchev–Trinajstić information content (AvgIpc) is 3.53. The van der Waals surface area contributed by atoms with E-state index in [1.807, 2.05) is 94.9 Å². The Morgan fingerprint density at radius 1 is 0.675 bits per heavy atom. The lowest BCUT2D eigenvalue weighted by Gasteiger charge is -2.08. The van der Waals surface area contributed by atoms with E-state index in [4.69, 9.17) is 17.5 Å². The molecule has 0 saturated carbocycles. The maximum Gasteiger partial charge on any atom is 0.408 e. The summed E-state index contributed by atoms with van der Waals surface area (Å²) in [4.78, 5) is 0. The number of thiazole rings is 2. The number of hydrogen-bond donors (Lipinski definition) is 2. The second-order valence-electron chi connectivity index (χ2n) is 8.41. The topological polar surface area (TPSA) is 162 Å². The molecule has 2 aromatic heterocycles. The number of anilines is 2. The highest BCUT2D eigenvalue weighted by Crippen LogP contribution is 2.22. The zero-order valence-electron chi connectivity index (χ0n) is 22.0. The summed E-state index contributed by atoms with van der Waals surface area (Å²) in [5.41, 5.74) is 3.91. The van der Waals surface area contributed by atoms with E-state index in [9.17, 15) is 0 Å². The second-order valence-corrected chi connectivity index (χ2v) is 11.0. The van der Waals surface area contributed by atoms with Crippen molar-refractivity contribution in [1.29, 1.82) is 0 Å². The molecule has 15 heteroatoms. The van der Waals surface area contributed by atoms with Crippen LogP contribution < -0.4 is 19.8 Å². The van der Waals surface area contributed by atoms with Crippen LogP contribution in [0.15, 0.2) is 92.1 Å². The molecule has 0 spiro atoms. The molecular formula is C25H30N8O4S3. The summed E-state index contributed by atoms with van der Waals surface area (Å²) < 4.78 is 38.0. The number of nitrogens with zero attached hydrogens (tertiary/aromatic N) is 6. The highest BCUT2D eigenvalue weighted by molar-refractivity contribution is 7.79. The SMILES string of the molecule is C[n+]1ccsc1N=Nc1ccc(NCCCCCNc2ccc(N=Nc3scc[n+]3C)cc2)cc1.O=S(=O)([O-])[O-]. The van der Waals surface area contributed by atoms with Crippen LogP contribution in [-0.4, -0.2) is 30.6 Å². The normalized spacial score (nSPS) is 11.5. The van der Waals surface area contributed by atoms with Crippen LogP contribution in [0.2, 0.25) is 0 Å². The van der Waals surface area contributed by atoms with Crippen molar-refractivity contribution in [2.24, 2.45) is 34.6 Å². The van der Waals surface area contributed by atoms with Crippen molar-refractivity contribution in [2.75, 3.05) is 23.7 Å². The van der Waals surface area contributed by atoms with Gasteiger partial charge in [0.25, 0.3) is 0 Å². The van der Waals surface area contributed by atoms with Crippen LogP contribution in [0.3, 0.4) is 0 Å². The molecule has 0 saturated heterocycles. The predicted octanol–water partition coefficient (Wildman–Crippen LogP) is 5.65. The van der Waals surface area contributed by atoms with Crippen molar-refractivity contribution in [2.45, 2.75) is 19.3 Å². The van der Waals surface area contributed by atoms with Crippen molar-refractivity contribution in [3.05, 3.63) is 71.7 Å². The molecule has 4 aromatic rings. The van der Waals surface area contributed by atoms with Crippen molar-refractivity contribution < 1.29 is 26.7 Å². The molecule has 40 heavy (non-hydrogen) atoms. The Morgan fingerprint density at radius 2 is 1.05 bits per heavy atom. The molecule has 2 heterocycles. The third kappa shape index (κ3) is 12.0. The molecule has 0 aliphatic rings. The third-order valence-electron chi connectivity index (χ3n) is 5.27. The minimum atomic E-state index is -5.17. The number of azo groups is 2. The van der Waals surface area contributed by atoms with Crippen LogP contribution in [0.4, 0.5) is 33.0 Å². The molecule has 0 aliphatic heterocycles. The molecule has 0 radical (unpaired) electrons. The van der Waals surface area contributed by atoms with Crippen LogP contribution in [0.1, 0.15) is 19.3 Å². The Hall–Kier alpha value is -3.63. The number of aromatic nitrogens is 2. The van der Waals surface area contributed by atoms with Gasteiger partial charge in [-0.2, -0.15) is 0 Å². The second kappa shape index (κ2) is 15.8. The van der Waals surface area contributed by atoms with Crippen molar-refractivity contribution in [1.82, 2.24) is 0 Å². The van der Waals surface area contributed by atoms with Gasteiger partial charge in [0.15, 0.2) is 0 Å². The predicted molar refractivity (Wildman–Crippen MR) is 154 cm³/mol.